The van der Waals surface area contributed by atoms with Crippen molar-refractivity contribution in [1.29, 1.82) is 0 Å². The van der Waals surface area contributed by atoms with Gasteiger partial charge in [0, 0.05) is 6.07 Å². The van der Waals surface area contributed by atoms with Gasteiger partial charge in [-0.1, -0.05) is 17.3 Å². The Hall–Kier alpha value is -2.70. The number of nitrogens with zero attached hydrogens (tertiary/aromatic N) is 1. The second-order valence-corrected chi connectivity index (χ2v) is 4.34. The molecule has 0 spiro atoms. The summed E-state index contributed by atoms with van der Waals surface area (Å²) in [6, 6.07) is 6.89. The van der Waals surface area contributed by atoms with Crippen molar-refractivity contribution in [2.24, 2.45) is 0 Å². The summed E-state index contributed by atoms with van der Waals surface area (Å²) in [6.07, 6.45) is -1.10. The third-order valence-corrected chi connectivity index (χ3v) is 2.63. The number of hydrogen-bond donors (Lipinski definition) is 1. The molecule has 0 saturated carbocycles. The van der Waals surface area contributed by atoms with Crippen molar-refractivity contribution in [2.75, 3.05) is 5.32 Å². The van der Waals surface area contributed by atoms with E-state index in [1.165, 1.54) is 31.2 Å². The number of carbonyl (C=O) groups excluding carboxylic acids is 2. The molecule has 2 rings (SSSR count). The lowest BCUT2D eigenvalue weighted by atomic mass is 10.2. The fraction of sp³-hybridized carbons (Fsp3) is 0.214. The van der Waals surface area contributed by atoms with E-state index in [2.05, 4.69) is 10.5 Å². The van der Waals surface area contributed by atoms with Gasteiger partial charge in [0.25, 0.3) is 5.91 Å². The number of benzene rings is 1. The highest BCUT2D eigenvalue weighted by Crippen LogP contribution is 2.11. The Bertz CT molecular complexity index is 668. The minimum absolute atomic E-state index is 0.214. The molecule has 1 amide bonds. The molecule has 0 bridgehead atoms. The summed E-state index contributed by atoms with van der Waals surface area (Å²) in [6.45, 7) is 3.05. The van der Waals surface area contributed by atoms with Gasteiger partial charge < -0.3 is 14.6 Å². The van der Waals surface area contributed by atoms with E-state index in [0.29, 0.717) is 5.76 Å². The van der Waals surface area contributed by atoms with E-state index in [1.54, 1.807) is 6.92 Å². The Balaban J connectivity index is 1.97. The molecule has 1 N–H and O–H groups in total. The van der Waals surface area contributed by atoms with Crippen LogP contribution in [-0.4, -0.2) is 23.1 Å². The van der Waals surface area contributed by atoms with E-state index in [1.807, 2.05) is 0 Å². The average Bonchev–Trinajstić information content (AvgIpc) is 2.84. The molecular formula is C14H13FN2O4. The summed E-state index contributed by atoms with van der Waals surface area (Å²) in [7, 11) is 0. The van der Waals surface area contributed by atoms with E-state index in [4.69, 9.17) is 9.26 Å². The summed E-state index contributed by atoms with van der Waals surface area (Å²) in [5, 5.41) is 6.00. The Morgan fingerprint density at radius 1 is 1.38 bits per heavy atom. The number of rotatable bonds is 4. The quantitative estimate of drug-likeness (QED) is 0.874. The van der Waals surface area contributed by atoms with Crippen LogP contribution in [0.4, 0.5) is 10.2 Å². The van der Waals surface area contributed by atoms with Crippen molar-refractivity contribution < 1.29 is 23.2 Å². The van der Waals surface area contributed by atoms with Crippen LogP contribution in [0.15, 0.2) is 34.9 Å². The van der Waals surface area contributed by atoms with Crippen molar-refractivity contribution in [2.45, 2.75) is 20.0 Å². The standard InChI is InChI=1S/C14H13FN2O4/c1-8-7-12(17-21-8)16-13(18)9(2)20-14(19)10-5-3-4-6-11(10)15/h3-7,9H,1-2H3,(H,16,17,18)/t9-/m0/s1. The zero-order chi connectivity index (χ0) is 15.4. The molecule has 0 radical (unpaired) electrons. The first-order chi connectivity index (χ1) is 9.97. The average molecular weight is 292 g/mol. The van der Waals surface area contributed by atoms with Gasteiger partial charge >= 0.3 is 5.97 Å². The lowest BCUT2D eigenvalue weighted by Gasteiger charge is -2.12. The van der Waals surface area contributed by atoms with Gasteiger partial charge in [-0.2, -0.15) is 0 Å². The molecule has 6 nitrogen and oxygen atoms in total. The summed E-state index contributed by atoms with van der Waals surface area (Å²) in [5.74, 6) is -1.46. The summed E-state index contributed by atoms with van der Waals surface area (Å²) in [5.41, 5.74) is -0.227. The van der Waals surface area contributed by atoms with Crippen LogP contribution in [0.25, 0.3) is 0 Å². The predicted octanol–water partition coefficient (Wildman–Crippen LogP) is 2.31. The first-order valence-corrected chi connectivity index (χ1v) is 6.17. The number of amides is 1. The third-order valence-electron chi connectivity index (χ3n) is 2.63. The molecule has 1 atom stereocenters. The predicted molar refractivity (Wildman–Crippen MR) is 71.1 cm³/mol. The van der Waals surface area contributed by atoms with E-state index >= 15 is 0 Å². The van der Waals surface area contributed by atoms with Gasteiger partial charge in [-0.05, 0) is 26.0 Å². The maximum absolute atomic E-state index is 13.4. The molecule has 110 valence electrons. The summed E-state index contributed by atoms with van der Waals surface area (Å²) in [4.78, 5) is 23.6. The number of aryl methyl sites for hydroxylation is 1. The normalized spacial score (nSPS) is 11.8. The second kappa shape index (κ2) is 6.17. The van der Waals surface area contributed by atoms with Gasteiger partial charge in [0.1, 0.15) is 11.6 Å². The molecule has 1 aromatic carbocycles. The van der Waals surface area contributed by atoms with Crippen LogP contribution < -0.4 is 5.32 Å². The molecule has 2 aromatic rings. The van der Waals surface area contributed by atoms with E-state index in [0.717, 1.165) is 6.07 Å². The van der Waals surface area contributed by atoms with Crippen LogP contribution in [0.3, 0.4) is 0 Å². The van der Waals surface area contributed by atoms with Crippen molar-refractivity contribution in [3.8, 4) is 0 Å². The lowest BCUT2D eigenvalue weighted by Crippen LogP contribution is -2.30. The number of hydrogen-bond acceptors (Lipinski definition) is 5. The molecule has 0 saturated heterocycles. The molecule has 0 unspecified atom stereocenters. The van der Waals surface area contributed by atoms with Gasteiger partial charge in [0.05, 0.1) is 5.56 Å². The van der Waals surface area contributed by atoms with Gasteiger partial charge in [-0.3, -0.25) is 4.79 Å². The molecule has 7 heteroatoms. The summed E-state index contributed by atoms with van der Waals surface area (Å²) >= 11 is 0. The number of esters is 1. The van der Waals surface area contributed by atoms with Crippen LogP contribution in [0.2, 0.25) is 0 Å². The minimum Gasteiger partial charge on any atom is -0.449 e. The molecule has 0 aliphatic carbocycles. The van der Waals surface area contributed by atoms with Crippen LogP contribution in [0.1, 0.15) is 23.0 Å². The SMILES string of the molecule is Cc1cc(NC(=O)[C@H](C)OC(=O)c2ccccc2F)no1. The van der Waals surface area contributed by atoms with E-state index < -0.39 is 23.8 Å². The van der Waals surface area contributed by atoms with Crippen LogP contribution in [0, 0.1) is 12.7 Å². The molecule has 1 aromatic heterocycles. The number of aromatic nitrogens is 1. The fourth-order valence-corrected chi connectivity index (χ4v) is 1.56. The highest BCUT2D eigenvalue weighted by atomic mass is 19.1. The van der Waals surface area contributed by atoms with Gasteiger partial charge in [0.15, 0.2) is 11.9 Å². The van der Waals surface area contributed by atoms with Gasteiger partial charge in [0.2, 0.25) is 0 Å². The van der Waals surface area contributed by atoms with Gasteiger partial charge in [-0.25, -0.2) is 9.18 Å². The van der Waals surface area contributed by atoms with Gasteiger partial charge in [-0.15, -0.1) is 0 Å². The molecule has 0 aliphatic heterocycles. The molecule has 21 heavy (non-hydrogen) atoms. The number of ether oxygens (including phenoxy) is 1. The summed E-state index contributed by atoms with van der Waals surface area (Å²) < 4.78 is 23.1. The number of carbonyl (C=O) groups is 2. The maximum atomic E-state index is 13.4. The number of anilines is 1. The number of nitrogens with one attached hydrogen (secondary N) is 1. The zero-order valence-corrected chi connectivity index (χ0v) is 11.4. The van der Waals surface area contributed by atoms with Crippen LogP contribution >= 0.6 is 0 Å². The first kappa shape index (κ1) is 14.7. The lowest BCUT2D eigenvalue weighted by molar-refractivity contribution is -0.123. The Morgan fingerprint density at radius 3 is 2.71 bits per heavy atom. The van der Waals surface area contributed by atoms with Crippen molar-refractivity contribution in [3.63, 3.8) is 0 Å². The minimum atomic E-state index is -1.10. The smallest absolute Gasteiger partial charge is 0.341 e. The monoisotopic (exact) mass is 292 g/mol. The Kier molecular flexibility index (Phi) is 4.32. The fourth-order valence-electron chi connectivity index (χ4n) is 1.56. The van der Waals surface area contributed by atoms with Crippen molar-refractivity contribution in [3.05, 3.63) is 47.5 Å². The number of halogens is 1. The van der Waals surface area contributed by atoms with Crippen LogP contribution in [-0.2, 0) is 9.53 Å². The highest BCUT2D eigenvalue weighted by Gasteiger charge is 2.21. The molecule has 0 aliphatic rings. The maximum Gasteiger partial charge on any atom is 0.341 e. The van der Waals surface area contributed by atoms with Crippen molar-refractivity contribution in [1.82, 2.24) is 5.16 Å². The zero-order valence-electron chi connectivity index (χ0n) is 11.4. The third kappa shape index (κ3) is 3.65. The highest BCUT2D eigenvalue weighted by molar-refractivity contribution is 5.96. The largest absolute Gasteiger partial charge is 0.449 e. The Labute approximate surface area is 119 Å². The van der Waals surface area contributed by atoms with E-state index in [9.17, 15) is 14.0 Å². The topological polar surface area (TPSA) is 81.4 Å². The molecular weight excluding hydrogens is 279 g/mol. The second-order valence-electron chi connectivity index (χ2n) is 4.34. The van der Waals surface area contributed by atoms with Crippen LogP contribution in [0.5, 0.6) is 0 Å². The van der Waals surface area contributed by atoms with Crippen molar-refractivity contribution >= 4 is 17.7 Å². The first-order valence-electron chi connectivity index (χ1n) is 6.17. The Morgan fingerprint density at radius 2 is 2.10 bits per heavy atom. The van der Waals surface area contributed by atoms with E-state index in [-0.39, 0.29) is 11.4 Å². The molecule has 1 heterocycles. The molecule has 0 fully saturated rings.